The summed E-state index contributed by atoms with van der Waals surface area (Å²) in [6, 6.07) is 6.34. The predicted molar refractivity (Wildman–Crippen MR) is 120 cm³/mol. The summed E-state index contributed by atoms with van der Waals surface area (Å²) >= 11 is 0. The van der Waals surface area contributed by atoms with Gasteiger partial charge in [0.05, 0.1) is 5.52 Å². The molecule has 1 aromatic carbocycles. The fraction of sp³-hybridized carbons (Fsp3) is 0.640. The molecule has 0 bridgehead atoms. The van der Waals surface area contributed by atoms with E-state index in [0.717, 1.165) is 56.8 Å². The van der Waals surface area contributed by atoms with Crippen LogP contribution in [0.2, 0.25) is 0 Å². The van der Waals surface area contributed by atoms with E-state index in [-0.39, 0.29) is 5.92 Å². The Morgan fingerprint density at radius 3 is 2.67 bits per heavy atom. The molecule has 162 valence electrons. The Labute approximate surface area is 179 Å². The molecule has 3 heterocycles. The number of aromatic nitrogens is 1. The minimum absolute atomic E-state index is 0.249. The SMILES string of the molecule is O=C(C1CCCCC1)N1CCc2[nH]c3c(OCCN4CCCCC4)cccc3c2C1. The number of hydrogen-bond acceptors (Lipinski definition) is 3. The topological polar surface area (TPSA) is 48.6 Å². The number of carbonyl (C=O) groups excluding carboxylic acids is 1. The zero-order valence-corrected chi connectivity index (χ0v) is 18.1. The summed E-state index contributed by atoms with van der Waals surface area (Å²) in [7, 11) is 0. The molecule has 1 aliphatic carbocycles. The summed E-state index contributed by atoms with van der Waals surface area (Å²) in [4.78, 5) is 21.3. The smallest absolute Gasteiger partial charge is 0.225 e. The molecule has 1 aromatic heterocycles. The van der Waals surface area contributed by atoms with Gasteiger partial charge in [-0.15, -0.1) is 0 Å². The first-order valence-electron chi connectivity index (χ1n) is 12.1. The highest BCUT2D eigenvalue weighted by Gasteiger charge is 2.30. The van der Waals surface area contributed by atoms with Gasteiger partial charge in [0.2, 0.25) is 5.91 Å². The number of aromatic amines is 1. The van der Waals surface area contributed by atoms with Crippen molar-refractivity contribution in [2.45, 2.75) is 64.3 Å². The molecule has 30 heavy (non-hydrogen) atoms. The van der Waals surface area contributed by atoms with E-state index in [4.69, 9.17) is 4.74 Å². The van der Waals surface area contributed by atoms with Gasteiger partial charge in [0, 0.05) is 48.6 Å². The van der Waals surface area contributed by atoms with Crippen LogP contribution in [0, 0.1) is 5.92 Å². The summed E-state index contributed by atoms with van der Waals surface area (Å²) < 4.78 is 6.22. The molecule has 2 fully saturated rings. The third-order valence-electron chi connectivity index (χ3n) is 7.35. The van der Waals surface area contributed by atoms with E-state index < -0.39 is 0 Å². The van der Waals surface area contributed by atoms with Crippen molar-refractivity contribution in [1.82, 2.24) is 14.8 Å². The number of fused-ring (bicyclic) bond motifs is 3. The fourth-order valence-corrected chi connectivity index (χ4v) is 5.59. The molecular weight excluding hydrogens is 374 g/mol. The summed E-state index contributed by atoms with van der Waals surface area (Å²) in [5, 5.41) is 1.22. The number of rotatable bonds is 5. The predicted octanol–water partition coefficient (Wildman–Crippen LogP) is 4.50. The number of benzene rings is 1. The molecule has 0 radical (unpaired) electrons. The standard InChI is InChI=1S/C25H35N3O2/c29-25(19-8-3-1-4-9-19)28-15-12-22-21(18-28)20-10-7-11-23(24(20)26-22)30-17-16-27-13-5-2-6-14-27/h7,10-11,19,26H,1-6,8-9,12-18H2. The number of para-hydroxylation sites is 1. The van der Waals surface area contributed by atoms with Crippen LogP contribution in [0.1, 0.15) is 62.6 Å². The van der Waals surface area contributed by atoms with Gasteiger partial charge in [0.25, 0.3) is 0 Å². The Morgan fingerprint density at radius 2 is 1.83 bits per heavy atom. The van der Waals surface area contributed by atoms with Gasteiger partial charge in [-0.25, -0.2) is 0 Å². The highest BCUT2D eigenvalue weighted by molar-refractivity contribution is 5.90. The molecule has 3 aliphatic rings. The zero-order chi connectivity index (χ0) is 20.3. The average molecular weight is 410 g/mol. The number of H-pyrrole nitrogens is 1. The quantitative estimate of drug-likeness (QED) is 0.791. The van der Waals surface area contributed by atoms with Crippen molar-refractivity contribution < 1.29 is 9.53 Å². The minimum Gasteiger partial charge on any atom is -0.490 e. The molecule has 0 unspecified atom stereocenters. The van der Waals surface area contributed by atoms with Crippen LogP contribution in [0.3, 0.4) is 0 Å². The van der Waals surface area contributed by atoms with E-state index in [9.17, 15) is 4.79 Å². The van der Waals surface area contributed by atoms with Crippen molar-refractivity contribution >= 4 is 16.8 Å². The van der Waals surface area contributed by atoms with Crippen LogP contribution in [0.25, 0.3) is 10.9 Å². The van der Waals surface area contributed by atoms with Crippen LogP contribution in [0.5, 0.6) is 5.75 Å². The van der Waals surface area contributed by atoms with E-state index in [1.54, 1.807) is 0 Å². The number of amides is 1. The molecule has 5 nitrogen and oxygen atoms in total. The fourth-order valence-electron chi connectivity index (χ4n) is 5.59. The molecule has 0 atom stereocenters. The van der Waals surface area contributed by atoms with Crippen LogP contribution in [-0.4, -0.2) is 53.5 Å². The van der Waals surface area contributed by atoms with E-state index in [0.29, 0.717) is 5.91 Å². The maximum atomic E-state index is 13.1. The van der Waals surface area contributed by atoms with Crippen molar-refractivity contribution in [1.29, 1.82) is 0 Å². The summed E-state index contributed by atoms with van der Waals surface area (Å²) in [5.74, 6) is 1.58. The molecule has 5 rings (SSSR count). The van der Waals surface area contributed by atoms with Gasteiger partial charge < -0.3 is 14.6 Å². The monoisotopic (exact) mass is 409 g/mol. The Hall–Kier alpha value is -2.01. The van der Waals surface area contributed by atoms with Crippen molar-refractivity contribution in [3.8, 4) is 5.75 Å². The molecule has 1 saturated carbocycles. The first-order valence-corrected chi connectivity index (χ1v) is 12.1. The highest BCUT2D eigenvalue weighted by Crippen LogP contribution is 2.34. The third kappa shape index (κ3) is 4.09. The second-order valence-corrected chi connectivity index (χ2v) is 9.36. The zero-order valence-electron chi connectivity index (χ0n) is 18.1. The maximum Gasteiger partial charge on any atom is 0.225 e. The van der Waals surface area contributed by atoms with Gasteiger partial charge in [0.1, 0.15) is 12.4 Å². The van der Waals surface area contributed by atoms with Gasteiger partial charge in [0.15, 0.2) is 0 Å². The van der Waals surface area contributed by atoms with Gasteiger partial charge in [-0.1, -0.05) is 37.8 Å². The number of nitrogens with zero attached hydrogens (tertiary/aromatic N) is 2. The van der Waals surface area contributed by atoms with Crippen molar-refractivity contribution in [2.24, 2.45) is 5.92 Å². The number of nitrogens with one attached hydrogen (secondary N) is 1. The highest BCUT2D eigenvalue weighted by atomic mass is 16.5. The molecule has 0 spiro atoms. The van der Waals surface area contributed by atoms with Crippen LogP contribution in [-0.2, 0) is 17.8 Å². The number of hydrogen-bond donors (Lipinski definition) is 1. The molecule has 2 aliphatic heterocycles. The second kappa shape index (κ2) is 9.01. The van der Waals surface area contributed by atoms with Gasteiger partial charge in [-0.05, 0) is 44.8 Å². The minimum atomic E-state index is 0.249. The van der Waals surface area contributed by atoms with E-state index in [1.807, 2.05) is 0 Å². The van der Waals surface area contributed by atoms with Crippen LogP contribution < -0.4 is 4.74 Å². The lowest BCUT2D eigenvalue weighted by molar-refractivity contribution is -0.137. The lowest BCUT2D eigenvalue weighted by Gasteiger charge is -2.32. The van der Waals surface area contributed by atoms with Crippen molar-refractivity contribution in [2.75, 3.05) is 32.8 Å². The van der Waals surface area contributed by atoms with Gasteiger partial charge in [-0.3, -0.25) is 9.69 Å². The number of piperidine rings is 1. The van der Waals surface area contributed by atoms with Gasteiger partial charge in [-0.2, -0.15) is 0 Å². The molecular formula is C25H35N3O2. The van der Waals surface area contributed by atoms with Crippen molar-refractivity contribution in [3.63, 3.8) is 0 Å². The Morgan fingerprint density at radius 1 is 1.03 bits per heavy atom. The Balaban J connectivity index is 1.28. The second-order valence-electron chi connectivity index (χ2n) is 9.36. The van der Waals surface area contributed by atoms with E-state index in [1.165, 1.54) is 68.3 Å². The van der Waals surface area contributed by atoms with Crippen molar-refractivity contribution in [3.05, 3.63) is 29.5 Å². The summed E-state index contributed by atoms with van der Waals surface area (Å²) in [6.45, 7) is 5.71. The van der Waals surface area contributed by atoms with Gasteiger partial charge >= 0.3 is 0 Å². The first-order chi connectivity index (χ1) is 14.8. The number of ether oxygens (including phenoxy) is 1. The average Bonchev–Trinajstić information content (AvgIpc) is 3.19. The largest absolute Gasteiger partial charge is 0.490 e. The Kier molecular flexibility index (Phi) is 5.98. The molecule has 1 amide bonds. The lowest BCUT2D eigenvalue weighted by atomic mass is 9.87. The molecule has 1 saturated heterocycles. The number of likely N-dealkylation sites (tertiary alicyclic amines) is 1. The summed E-state index contributed by atoms with van der Waals surface area (Å²) in [5.41, 5.74) is 3.68. The maximum absolute atomic E-state index is 13.1. The first kappa shape index (κ1) is 19.9. The van der Waals surface area contributed by atoms with E-state index in [2.05, 4.69) is 33.0 Å². The van der Waals surface area contributed by atoms with Crippen LogP contribution in [0.4, 0.5) is 0 Å². The summed E-state index contributed by atoms with van der Waals surface area (Å²) in [6.07, 6.45) is 10.8. The lowest BCUT2D eigenvalue weighted by Crippen LogP contribution is -2.40. The molecule has 1 N–H and O–H groups in total. The van der Waals surface area contributed by atoms with E-state index >= 15 is 0 Å². The van der Waals surface area contributed by atoms with Crippen LogP contribution in [0.15, 0.2) is 18.2 Å². The number of carbonyl (C=O) groups is 1. The van der Waals surface area contributed by atoms with Crippen LogP contribution >= 0.6 is 0 Å². The molecule has 5 heteroatoms. The third-order valence-corrected chi connectivity index (χ3v) is 7.35. The molecule has 2 aromatic rings. The normalized spacial score (nSPS) is 21.0. The Bertz CT molecular complexity index is 878.